The Labute approximate surface area is 182 Å². The molecule has 0 radical (unpaired) electrons. The van der Waals surface area contributed by atoms with Crippen LogP contribution >= 0.6 is 11.8 Å². The van der Waals surface area contributed by atoms with Crippen LogP contribution < -0.4 is 5.32 Å². The molecule has 31 heavy (non-hydrogen) atoms. The lowest BCUT2D eigenvalue weighted by molar-refractivity contribution is -0.119. The molecule has 3 rings (SSSR count). The van der Waals surface area contributed by atoms with E-state index >= 15 is 0 Å². The zero-order chi connectivity index (χ0) is 22.6. The van der Waals surface area contributed by atoms with E-state index in [1.54, 1.807) is 0 Å². The molecule has 0 aliphatic carbocycles. The summed E-state index contributed by atoms with van der Waals surface area (Å²) in [5, 5.41) is 2.49. The van der Waals surface area contributed by atoms with Crippen molar-refractivity contribution in [1.29, 1.82) is 0 Å². The van der Waals surface area contributed by atoms with E-state index in [0.717, 1.165) is 12.8 Å². The van der Waals surface area contributed by atoms with Crippen LogP contribution in [0.3, 0.4) is 0 Å². The van der Waals surface area contributed by atoms with Crippen molar-refractivity contribution in [3.8, 4) is 0 Å². The van der Waals surface area contributed by atoms with Crippen LogP contribution in [0.15, 0.2) is 46.3 Å². The van der Waals surface area contributed by atoms with Gasteiger partial charge in [0.05, 0.1) is 0 Å². The maximum Gasteiger partial charge on any atom is 0.355 e. The van der Waals surface area contributed by atoms with Gasteiger partial charge >= 0.3 is 5.97 Å². The highest BCUT2D eigenvalue weighted by molar-refractivity contribution is 7.99. The second-order valence-corrected chi connectivity index (χ2v) is 9.81. The van der Waals surface area contributed by atoms with Crippen molar-refractivity contribution in [3.05, 3.63) is 42.2 Å². The molecule has 1 saturated heterocycles. The molecule has 8 nitrogen and oxygen atoms in total. The summed E-state index contributed by atoms with van der Waals surface area (Å²) in [6.45, 7) is 0.295. The molecule has 12 heteroatoms. The van der Waals surface area contributed by atoms with Gasteiger partial charge in [0.15, 0.2) is 6.61 Å². The first-order valence-corrected chi connectivity index (χ1v) is 11.7. The molecule has 1 aromatic carbocycles. The SMILES string of the molecule is Cn1cc(S(=O)(=O)N2CCCC2)cc1C(=O)OCC(=O)Nc1ccc(SC(F)F)cc1. The first-order valence-electron chi connectivity index (χ1n) is 9.35. The van der Waals surface area contributed by atoms with Gasteiger partial charge in [-0.1, -0.05) is 11.8 Å². The van der Waals surface area contributed by atoms with E-state index in [1.807, 2.05) is 0 Å². The van der Waals surface area contributed by atoms with Gasteiger partial charge in [0.2, 0.25) is 10.0 Å². The minimum atomic E-state index is -3.68. The molecule has 1 aliphatic rings. The van der Waals surface area contributed by atoms with E-state index in [1.165, 1.54) is 52.4 Å². The van der Waals surface area contributed by atoms with E-state index in [9.17, 15) is 26.8 Å². The smallest absolute Gasteiger partial charge is 0.355 e. The Balaban J connectivity index is 1.57. The van der Waals surface area contributed by atoms with Crippen LogP contribution in [0.25, 0.3) is 0 Å². The molecular formula is C19H21F2N3O5S2. The van der Waals surface area contributed by atoms with Crippen LogP contribution in [-0.2, 0) is 26.6 Å². The zero-order valence-electron chi connectivity index (χ0n) is 16.6. The molecule has 2 heterocycles. The van der Waals surface area contributed by atoms with Gasteiger partial charge in [0.25, 0.3) is 11.7 Å². The van der Waals surface area contributed by atoms with Crippen molar-refractivity contribution in [2.75, 3.05) is 25.0 Å². The fourth-order valence-electron chi connectivity index (χ4n) is 3.08. The summed E-state index contributed by atoms with van der Waals surface area (Å²) in [5.74, 6) is -4.01. The highest BCUT2D eigenvalue weighted by Crippen LogP contribution is 2.26. The van der Waals surface area contributed by atoms with Gasteiger partial charge in [-0.15, -0.1) is 0 Å². The average Bonchev–Trinajstić information content (AvgIpc) is 3.38. The Kier molecular flexibility index (Phi) is 7.34. The minimum Gasteiger partial charge on any atom is -0.451 e. The number of thioether (sulfide) groups is 1. The maximum absolute atomic E-state index is 12.6. The molecule has 1 fully saturated rings. The van der Waals surface area contributed by atoms with Crippen molar-refractivity contribution >= 4 is 39.3 Å². The lowest BCUT2D eigenvalue weighted by atomic mass is 10.3. The summed E-state index contributed by atoms with van der Waals surface area (Å²) >= 11 is 0.387. The molecule has 1 N–H and O–H groups in total. The number of aryl methyl sites for hydroxylation is 1. The van der Waals surface area contributed by atoms with Crippen molar-refractivity contribution in [2.45, 2.75) is 28.4 Å². The number of halogens is 2. The Morgan fingerprint density at radius 3 is 2.45 bits per heavy atom. The van der Waals surface area contributed by atoms with E-state index in [0.29, 0.717) is 35.4 Å². The Bertz CT molecular complexity index is 1050. The Morgan fingerprint density at radius 2 is 1.84 bits per heavy atom. The quantitative estimate of drug-likeness (QED) is 0.468. The Morgan fingerprint density at radius 1 is 1.19 bits per heavy atom. The molecule has 0 spiro atoms. The summed E-state index contributed by atoms with van der Waals surface area (Å²) in [6, 6.07) is 7.01. The second-order valence-electron chi connectivity index (χ2n) is 6.81. The highest BCUT2D eigenvalue weighted by atomic mass is 32.2. The number of hydrogen-bond acceptors (Lipinski definition) is 6. The third-order valence-corrected chi connectivity index (χ3v) is 7.18. The molecule has 0 unspecified atom stereocenters. The zero-order valence-corrected chi connectivity index (χ0v) is 18.2. The van der Waals surface area contributed by atoms with Crippen molar-refractivity contribution in [2.24, 2.45) is 7.05 Å². The fraction of sp³-hybridized carbons (Fsp3) is 0.368. The number of amides is 1. The monoisotopic (exact) mass is 473 g/mol. The highest BCUT2D eigenvalue weighted by Gasteiger charge is 2.29. The topological polar surface area (TPSA) is 97.7 Å². The predicted molar refractivity (Wildman–Crippen MR) is 111 cm³/mol. The number of rotatable bonds is 8. The van der Waals surface area contributed by atoms with Gasteiger partial charge in [0, 0.05) is 36.9 Å². The molecule has 0 atom stereocenters. The summed E-state index contributed by atoms with van der Waals surface area (Å²) in [6.07, 6.45) is 2.93. The number of benzene rings is 1. The summed E-state index contributed by atoms with van der Waals surface area (Å²) in [4.78, 5) is 24.7. The predicted octanol–water partition coefficient (Wildman–Crippen LogP) is 2.92. The van der Waals surface area contributed by atoms with Gasteiger partial charge in [-0.05, 0) is 43.2 Å². The second kappa shape index (κ2) is 9.79. The van der Waals surface area contributed by atoms with Gasteiger partial charge < -0.3 is 14.6 Å². The number of carbonyl (C=O) groups is 2. The number of hydrogen-bond donors (Lipinski definition) is 1. The van der Waals surface area contributed by atoms with Crippen LogP contribution in [-0.4, -0.2) is 54.6 Å². The van der Waals surface area contributed by atoms with Crippen molar-refractivity contribution < 1.29 is 31.5 Å². The molecule has 1 amide bonds. The summed E-state index contributed by atoms with van der Waals surface area (Å²) in [7, 11) is -2.17. The number of aromatic nitrogens is 1. The van der Waals surface area contributed by atoms with Crippen LogP contribution in [0.1, 0.15) is 23.3 Å². The molecule has 1 aliphatic heterocycles. The van der Waals surface area contributed by atoms with Crippen LogP contribution in [0.2, 0.25) is 0 Å². The fourth-order valence-corrected chi connectivity index (χ4v) is 5.17. The number of nitrogens with one attached hydrogen (secondary N) is 1. The first kappa shape index (κ1) is 23.2. The molecule has 1 aromatic heterocycles. The van der Waals surface area contributed by atoms with Crippen LogP contribution in [0.4, 0.5) is 14.5 Å². The third kappa shape index (κ3) is 5.83. The number of ether oxygens (including phenoxy) is 1. The van der Waals surface area contributed by atoms with Crippen LogP contribution in [0.5, 0.6) is 0 Å². The van der Waals surface area contributed by atoms with Crippen molar-refractivity contribution in [1.82, 2.24) is 8.87 Å². The molecule has 168 valence electrons. The summed E-state index contributed by atoms with van der Waals surface area (Å²) < 4.78 is 57.6. The lowest BCUT2D eigenvalue weighted by Crippen LogP contribution is -2.27. The van der Waals surface area contributed by atoms with Gasteiger partial charge in [-0.2, -0.15) is 13.1 Å². The number of alkyl halides is 2. The number of nitrogens with zero attached hydrogens (tertiary/aromatic N) is 2. The molecule has 2 aromatic rings. The largest absolute Gasteiger partial charge is 0.451 e. The van der Waals surface area contributed by atoms with E-state index in [4.69, 9.17) is 4.74 Å². The van der Waals surface area contributed by atoms with Crippen molar-refractivity contribution in [3.63, 3.8) is 0 Å². The molecule has 0 saturated carbocycles. The minimum absolute atomic E-state index is 0.000973. The van der Waals surface area contributed by atoms with E-state index < -0.39 is 34.3 Å². The maximum atomic E-state index is 12.6. The van der Waals surface area contributed by atoms with Crippen LogP contribution in [0, 0.1) is 0 Å². The third-order valence-electron chi connectivity index (χ3n) is 4.59. The van der Waals surface area contributed by atoms with Gasteiger partial charge in [0.1, 0.15) is 10.6 Å². The number of anilines is 1. The number of esters is 1. The lowest BCUT2D eigenvalue weighted by Gasteiger charge is -2.13. The summed E-state index contributed by atoms with van der Waals surface area (Å²) in [5.41, 5.74) is 0.358. The standard InChI is InChI=1S/C19H21F2N3O5S2/c1-23-11-15(31(27,28)24-8-2-3-9-24)10-16(23)18(26)29-12-17(25)22-13-4-6-14(7-5-13)30-19(20)21/h4-7,10-11,19H,2-3,8-9,12H2,1H3,(H,22,25). The van der Waals surface area contributed by atoms with E-state index in [2.05, 4.69) is 5.32 Å². The average molecular weight is 474 g/mol. The molecular weight excluding hydrogens is 452 g/mol. The number of carbonyl (C=O) groups excluding carboxylic acids is 2. The normalized spacial score (nSPS) is 14.7. The number of sulfonamides is 1. The Hall–Kier alpha value is -2.44. The molecule has 0 bridgehead atoms. The van der Waals surface area contributed by atoms with Gasteiger partial charge in [-0.25, -0.2) is 13.2 Å². The first-order chi connectivity index (χ1) is 14.7. The van der Waals surface area contributed by atoms with E-state index in [-0.39, 0.29) is 10.6 Å². The van der Waals surface area contributed by atoms with Gasteiger partial charge in [-0.3, -0.25) is 4.79 Å².